The van der Waals surface area contributed by atoms with E-state index in [4.69, 9.17) is 0 Å². The van der Waals surface area contributed by atoms with Crippen molar-refractivity contribution in [1.82, 2.24) is 19.6 Å². The van der Waals surface area contributed by atoms with E-state index >= 15 is 0 Å². The molecule has 0 aliphatic heterocycles. The van der Waals surface area contributed by atoms with Crippen LogP contribution in [0.2, 0.25) is 0 Å². The van der Waals surface area contributed by atoms with Crippen molar-refractivity contribution in [2.24, 2.45) is 0 Å². The highest BCUT2D eigenvalue weighted by Crippen LogP contribution is 2.31. The number of carboxylic acids is 1. The molecule has 3 aromatic heterocycles. The first-order valence-electron chi connectivity index (χ1n) is 6.24. The zero-order chi connectivity index (χ0) is 15.0. The number of hydrogen-bond donors (Lipinski definition) is 1. The zero-order valence-corrected chi connectivity index (χ0v) is 12.3. The molecule has 0 saturated heterocycles. The van der Waals surface area contributed by atoms with Crippen LogP contribution in [0.5, 0.6) is 0 Å². The van der Waals surface area contributed by atoms with E-state index in [1.807, 2.05) is 13.0 Å². The molecule has 0 spiro atoms. The van der Waals surface area contributed by atoms with E-state index in [0.29, 0.717) is 15.6 Å². The molecule has 0 aromatic carbocycles. The zero-order valence-electron chi connectivity index (χ0n) is 11.4. The van der Waals surface area contributed by atoms with Gasteiger partial charge in [0.2, 0.25) is 0 Å². The minimum Gasteiger partial charge on any atom is -0.478 e. The van der Waals surface area contributed by atoms with Crippen molar-refractivity contribution in [2.45, 2.75) is 23.9 Å². The molecule has 0 radical (unpaired) electrons. The molecule has 21 heavy (non-hydrogen) atoms. The van der Waals surface area contributed by atoms with Gasteiger partial charge in [-0.2, -0.15) is 5.10 Å². The van der Waals surface area contributed by atoms with Gasteiger partial charge in [-0.15, -0.1) is 0 Å². The standard InChI is InChI=1S/C14H12N4O2S/c1-8-7-9(2)17-13(11(8)14(19)20)21-12-10-3-4-16-18(10)6-5-15-12/h3-7H,1-2H3,(H,19,20). The van der Waals surface area contributed by atoms with Crippen molar-refractivity contribution in [3.63, 3.8) is 0 Å². The smallest absolute Gasteiger partial charge is 0.338 e. The van der Waals surface area contributed by atoms with Crippen LogP contribution in [0.25, 0.3) is 5.52 Å². The van der Waals surface area contributed by atoms with Gasteiger partial charge in [-0.05, 0) is 43.3 Å². The number of fused-ring (bicyclic) bond motifs is 1. The van der Waals surface area contributed by atoms with Crippen LogP contribution in [0.15, 0.2) is 40.8 Å². The second-order valence-electron chi connectivity index (χ2n) is 4.56. The molecule has 3 aromatic rings. The fraction of sp³-hybridized carbons (Fsp3) is 0.143. The lowest BCUT2D eigenvalue weighted by atomic mass is 10.1. The fourth-order valence-electron chi connectivity index (χ4n) is 2.14. The van der Waals surface area contributed by atoms with Crippen molar-refractivity contribution < 1.29 is 9.90 Å². The van der Waals surface area contributed by atoms with Gasteiger partial charge < -0.3 is 5.11 Å². The van der Waals surface area contributed by atoms with Crippen molar-refractivity contribution in [3.8, 4) is 0 Å². The predicted octanol–water partition coefficient (Wildman–Crippen LogP) is 2.59. The molecule has 1 N–H and O–H groups in total. The first kappa shape index (κ1) is 13.6. The first-order valence-corrected chi connectivity index (χ1v) is 7.05. The lowest BCUT2D eigenvalue weighted by molar-refractivity contribution is 0.0691. The van der Waals surface area contributed by atoms with E-state index in [1.54, 1.807) is 36.1 Å². The van der Waals surface area contributed by atoms with Crippen LogP contribution in [0.3, 0.4) is 0 Å². The largest absolute Gasteiger partial charge is 0.478 e. The van der Waals surface area contributed by atoms with Gasteiger partial charge in [0.05, 0.1) is 17.3 Å². The molecule has 6 nitrogen and oxygen atoms in total. The van der Waals surface area contributed by atoms with Crippen molar-refractivity contribution >= 4 is 23.2 Å². The molecule has 0 fully saturated rings. The fourth-order valence-corrected chi connectivity index (χ4v) is 3.24. The third kappa shape index (κ3) is 2.47. The predicted molar refractivity (Wildman–Crippen MR) is 77.8 cm³/mol. The summed E-state index contributed by atoms with van der Waals surface area (Å²) in [7, 11) is 0. The van der Waals surface area contributed by atoms with Gasteiger partial charge in [0.25, 0.3) is 0 Å². The minimum absolute atomic E-state index is 0.217. The van der Waals surface area contributed by atoms with Gasteiger partial charge in [0.15, 0.2) is 0 Å². The van der Waals surface area contributed by atoms with Gasteiger partial charge >= 0.3 is 5.97 Å². The Labute approximate surface area is 124 Å². The van der Waals surface area contributed by atoms with Gasteiger partial charge in [-0.3, -0.25) is 0 Å². The Morgan fingerprint density at radius 3 is 2.86 bits per heavy atom. The SMILES string of the molecule is Cc1cc(C)c(C(=O)O)c(Sc2nccn3nccc23)n1. The summed E-state index contributed by atoms with van der Waals surface area (Å²) in [5.41, 5.74) is 2.51. The number of pyridine rings is 1. The number of carbonyl (C=O) groups is 1. The second-order valence-corrected chi connectivity index (χ2v) is 5.54. The van der Waals surface area contributed by atoms with Gasteiger partial charge in [0, 0.05) is 18.1 Å². The van der Waals surface area contributed by atoms with Crippen molar-refractivity contribution in [3.05, 3.63) is 47.5 Å². The van der Waals surface area contributed by atoms with Crippen LogP contribution in [0.1, 0.15) is 21.6 Å². The Bertz CT molecular complexity index is 844. The Balaban J connectivity index is 2.13. The number of aromatic nitrogens is 4. The highest BCUT2D eigenvalue weighted by atomic mass is 32.2. The number of rotatable bonds is 3. The topological polar surface area (TPSA) is 80.4 Å². The second kappa shape index (κ2) is 5.17. The quantitative estimate of drug-likeness (QED) is 0.800. The molecule has 3 heterocycles. The molecular weight excluding hydrogens is 288 g/mol. The van der Waals surface area contributed by atoms with E-state index in [9.17, 15) is 9.90 Å². The molecular formula is C14H12N4O2S. The number of aryl methyl sites for hydroxylation is 2. The number of carboxylic acid groups (broad SMARTS) is 1. The maximum atomic E-state index is 11.5. The van der Waals surface area contributed by atoms with Gasteiger partial charge in [0.1, 0.15) is 10.1 Å². The summed E-state index contributed by atoms with van der Waals surface area (Å²) in [5, 5.41) is 14.7. The molecule has 0 amide bonds. The molecule has 0 aliphatic rings. The lowest BCUT2D eigenvalue weighted by Crippen LogP contribution is -2.05. The van der Waals surface area contributed by atoms with Gasteiger partial charge in [-0.1, -0.05) is 0 Å². The Hall–Kier alpha value is -2.41. The average molecular weight is 300 g/mol. The molecule has 0 bridgehead atoms. The molecule has 106 valence electrons. The third-order valence-electron chi connectivity index (χ3n) is 3.01. The number of aromatic carboxylic acids is 1. The van der Waals surface area contributed by atoms with Crippen LogP contribution in [-0.4, -0.2) is 30.7 Å². The molecule has 7 heteroatoms. The molecule has 0 saturated carbocycles. The summed E-state index contributed by atoms with van der Waals surface area (Å²) in [5.74, 6) is -0.983. The van der Waals surface area contributed by atoms with Crippen molar-refractivity contribution in [1.29, 1.82) is 0 Å². The van der Waals surface area contributed by atoms with E-state index < -0.39 is 5.97 Å². The van der Waals surface area contributed by atoms with Crippen molar-refractivity contribution in [2.75, 3.05) is 0 Å². The Kier molecular flexibility index (Phi) is 3.34. The Morgan fingerprint density at radius 1 is 1.29 bits per heavy atom. The Morgan fingerprint density at radius 2 is 2.10 bits per heavy atom. The third-order valence-corrected chi connectivity index (χ3v) is 4.00. The van der Waals surface area contributed by atoms with Crippen LogP contribution < -0.4 is 0 Å². The molecule has 0 unspecified atom stereocenters. The highest BCUT2D eigenvalue weighted by molar-refractivity contribution is 7.99. The monoisotopic (exact) mass is 300 g/mol. The lowest BCUT2D eigenvalue weighted by Gasteiger charge is -2.09. The van der Waals surface area contributed by atoms with Crippen LogP contribution >= 0.6 is 11.8 Å². The van der Waals surface area contributed by atoms with E-state index in [1.165, 1.54) is 11.8 Å². The summed E-state index contributed by atoms with van der Waals surface area (Å²) in [4.78, 5) is 20.1. The van der Waals surface area contributed by atoms with Crippen LogP contribution in [0.4, 0.5) is 0 Å². The summed E-state index contributed by atoms with van der Waals surface area (Å²) in [6.45, 7) is 3.62. The normalized spacial score (nSPS) is 11.0. The minimum atomic E-state index is -0.983. The van der Waals surface area contributed by atoms with Gasteiger partial charge in [-0.25, -0.2) is 19.3 Å². The number of nitrogens with zero attached hydrogens (tertiary/aromatic N) is 4. The summed E-state index contributed by atoms with van der Waals surface area (Å²) in [6.07, 6.45) is 5.05. The van der Waals surface area contributed by atoms with E-state index in [0.717, 1.165) is 11.2 Å². The highest BCUT2D eigenvalue weighted by Gasteiger charge is 2.18. The summed E-state index contributed by atoms with van der Waals surface area (Å²) >= 11 is 1.24. The number of hydrogen-bond acceptors (Lipinski definition) is 5. The molecule has 0 atom stereocenters. The average Bonchev–Trinajstić information content (AvgIpc) is 2.86. The summed E-state index contributed by atoms with van der Waals surface area (Å²) in [6, 6.07) is 3.60. The van der Waals surface area contributed by atoms with E-state index in [-0.39, 0.29) is 5.56 Å². The van der Waals surface area contributed by atoms with Crippen LogP contribution in [-0.2, 0) is 0 Å². The van der Waals surface area contributed by atoms with E-state index in [2.05, 4.69) is 15.1 Å². The molecule has 0 aliphatic carbocycles. The maximum Gasteiger partial charge on any atom is 0.338 e. The summed E-state index contributed by atoms with van der Waals surface area (Å²) < 4.78 is 1.69. The molecule has 3 rings (SSSR count). The maximum absolute atomic E-state index is 11.5. The van der Waals surface area contributed by atoms with Crippen LogP contribution in [0, 0.1) is 13.8 Å². The first-order chi connectivity index (χ1) is 10.1.